The van der Waals surface area contributed by atoms with Crippen LogP contribution in [0.1, 0.15) is 36.0 Å². The molecule has 2 fully saturated rings. The Hall–Kier alpha value is -2.61. The van der Waals surface area contributed by atoms with Gasteiger partial charge in [-0.2, -0.15) is 0 Å². The fraction of sp³-hybridized carbons (Fsp3) is 0.474. The highest BCUT2D eigenvalue weighted by atomic mass is 35.5. The summed E-state index contributed by atoms with van der Waals surface area (Å²) in [6.07, 6.45) is 2.22. The predicted octanol–water partition coefficient (Wildman–Crippen LogP) is 1.35. The molecule has 2 saturated heterocycles. The number of primary amides is 1. The molecule has 2 N–H and O–H groups in total. The van der Waals surface area contributed by atoms with Crippen molar-refractivity contribution in [3.8, 4) is 0 Å². The molecular formula is C19H22ClN3O5. The summed E-state index contributed by atoms with van der Waals surface area (Å²) in [5, 5.41) is 0.375. The molecule has 0 aliphatic carbocycles. The van der Waals surface area contributed by atoms with Crippen molar-refractivity contribution in [2.45, 2.75) is 25.7 Å². The van der Waals surface area contributed by atoms with E-state index in [-0.39, 0.29) is 35.8 Å². The molecular weight excluding hydrogens is 386 g/mol. The van der Waals surface area contributed by atoms with Gasteiger partial charge in [0.1, 0.15) is 0 Å². The van der Waals surface area contributed by atoms with E-state index in [1.807, 2.05) is 0 Å². The number of anilines is 1. The van der Waals surface area contributed by atoms with Crippen LogP contribution in [0.25, 0.3) is 0 Å². The molecule has 0 spiro atoms. The third-order valence-electron chi connectivity index (χ3n) is 5.12. The molecule has 8 nitrogen and oxygen atoms in total. The highest BCUT2D eigenvalue weighted by Gasteiger charge is 2.27. The molecule has 0 unspecified atom stereocenters. The van der Waals surface area contributed by atoms with Crippen LogP contribution < -0.4 is 10.6 Å². The molecule has 1 aromatic rings. The fourth-order valence-electron chi connectivity index (χ4n) is 3.46. The Bertz CT molecular complexity index is 805. The molecule has 2 aliphatic rings. The second-order valence-electron chi connectivity index (χ2n) is 6.95. The Morgan fingerprint density at radius 1 is 1.18 bits per heavy atom. The number of carbonyl (C=O) groups excluding carboxylic acids is 4. The van der Waals surface area contributed by atoms with Gasteiger partial charge < -0.3 is 20.3 Å². The highest BCUT2D eigenvalue weighted by molar-refractivity contribution is 6.34. The quantitative estimate of drug-likeness (QED) is 0.741. The van der Waals surface area contributed by atoms with Gasteiger partial charge in [-0.15, -0.1) is 0 Å². The number of hydrogen-bond acceptors (Lipinski definition) is 5. The smallest absolute Gasteiger partial charge is 0.338 e. The Morgan fingerprint density at radius 3 is 2.50 bits per heavy atom. The molecule has 0 bridgehead atoms. The van der Waals surface area contributed by atoms with Crippen LogP contribution in [0.2, 0.25) is 5.02 Å². The summed E-state index contributed by atoms with van der Waals surface area (Å²) in [5.74, 6) is -1.59. The van der Waals surface area contributed by atoms with E-state index >= 15 is 0 Å². The van der Waals surface area contributed by atoms with Gasteiger partial charge in [0.25, 0.3) is 5.91 Å². The zero-order valence-corrected chi connectivity index (χ0v) is 16.1. The number of piperidine rings is 1. The summed E-state index contributed by atoms with van der Waals surface area (Å²) >= 11 is 6.17. The van der Waals surface area contributed by atoms with Crippen LogP contribution in [0.4, 0.5) is 5.69 Å². The lowest BCUT2D eigenvalue weighted by Gasteiger charge is -2.30. The first-order valence-corrected chi connectivity index (χ1v) is 9.58. The van der Waals surface area contributed by atoms with Crippen LogP contribution in [0.3, 0.4) is 0 Å². The van der Waals surface area contributed by atoms with Crippen LogP contribution in [-0.4, -0.2) is 54.8 Å². The second-order valence-corrected chi connectivity index (χ2v) is 7.36. The molecule has 150 valence electrons. The fourth-order valence-corrected chi connectivity index (χ4v) is 3.68. The minimum atomic E-state index is -0.662. The van der Waals surface area contributed by atoms with E-state index in [9.17, 15) is 19.2 Å². The average Bonchev–Trinajstić information content (AvgIpc) is 3.12. The first-order valence-electron chi connectivity index (χ1n) is 9.21. The van der Waals surface area contributed by atoms with E-state index < -0.39 is 5.97 Å². The Kier molecular flexibility index (Phi) is 6.18. The lowest BCUT2D eigenvalue weighted by atomic mass is 9.96. The number of nitrogens with zero attached hydrogens (tertiary/aromatic N) is 2. The molecule has 9 heteroatoms. The number of hydrogen-bond donors (Lipinski definition) is 1. The largest absolute Gasteiger partial charge is 0.452 e. The van der Waals surface area contributed by atoms with Gasteiger partial charge in [-0.25, -0.2) is 4.79 Å². The van der Waals surface area contributed by atoms with E-state index in [0.29, 0.717) is 49.6 Å². The predicted molar refractivity (Wildman–Crippen MR) is 102 cm³/mol. The van der Waals surface area contributed by atoms with Gasteiger partial charge in [-0.05, 0) is 37.5 Å². The van der Waals surface area contributed by atoms with Crippen molar-refractivity contribution in [2.24, 2.45) is 11.7 Å². The molecule has 3 amide bonds. The number of likely N-dealkylation sites (tertiary alicyclic amines) is 1. The summed E-state index contributed by atoms with van der Waals surface area (Å²) in [5.41, 5.74) is 5.97. The van der Waals surface area contributed by atoms with Crippen molar-refractivity contribution in [1.82, 2.24) is 4.90 Å². The summed E-state index contributed by atoms with van der Waals surface area (Å²) in [6, 6.07) is 4.55. The summed E-state index contributed by atoms with van der Waals surface area (Å²) in [7, 11) is 0. The van der Waals surface area contributed by atoms with E-state index in [0.717, 1.165) is 6.42 Å². The average molecular weight is 408 g/mol. The summed E-state index contributed by atoms with van der Waals surface area (Å²) in [4.78, 5) is 50.8. The number of nitrogens with two attached hydrogens (primary N) is 1. The lowest BCUT2D eigenvalue weighted by Crippen LogP contribution is -2.43. The zero-order valence-electron chi connectivity index (χ0n) is 15.4. The molecule has 0 saturated carbocycles. The Labute approximate surface area is 167 Å². The van der Waals surface area contributed by atoms with Crippen molar-refractivity contribution in [1.29, 1.82) is 0 Å². The standard InChI is InChI=1S/C19H22ClN3O5/c20-14-4-3-13(10-15(14)23-7-1-2-16(23)24)19(27)28-11-17(25)22-8-5-12(6-9-22)18(21)26/h3-4,10,12H,1-2,5-9,11H2,(H2,21,26). The molecule has 0 atom stereocenters. The minimum Gasteiger partial charge on any atom is -0.452 e. The number of halogens is 1. The molecule has 2 heterocycles. The zero-order chi connectivity index (χ0) is 20.3. The van der Waals surface area contributed by atoms with Crippen LogP contribution in [0.15, 0.2) is 18.2 Å². The lowest BCUT2D eigenvalue weighted by molar-refractivity contribution is -0.137. The van der Waals surface area contributed by atoms with Gasteiger partial charge in [0.05, 0.1) is 16.3 Å². The van der Waals surface area contributed by atoms with E-state index in [1.54, 1.807) is 9.80 Å². The minimum absolute atomic E-state index is 0.0399. The molecule has 0 radical (unpaired) electrons. The van der Waals surface area contributed by atoms with Crippen LogP contribution in [0.5, 0.6) is 0 Å². The van der Waals surface area contributed by atoms with E-state index in [4.69, 9.17) is 22.1 Å². The number of esters is 1. The first kappa shape index (κ1) is 20.1. The van der Waals surface area contributed by atoms with Gasteiger partial charge in [0, 0.05) is 32.0 Å². The maximum atomic E-state index is 12.3. The Morgan fingerprint density at radius 2 is 1.89 bits per heavy atom. The number of benzene rings is 1. The molecule has 3 rings (SSSR count). The van der Waals surface area contributed by atoms with Crippen molar-refractivity contribution >= 4 is 41.0 Å². The Balaban J connectivity index is 1.57. The second kappa shape index (κ2) is 8.60. The summed E-state index contributed by atoms with van der Waals surface area (Å²) < 4.78 is 5.13. The molecule has 2 aliphatic heterocycles. The highest BCUT2D eigenvalue weighted by Crippen LogP contribution is 2.30. The van der Waals surface area contributed by atoms with Crippen LogP contribution in [-0.2, 0) is 19.1 Å². The van der Waals surface area contributed by atoms with Crippen molar-refractivity contribution in [3.63, 3.8) is 0 Å². The van der Waals surface area contributed by atoms with E-state index in [1.165, 1.54) is 18.2 Å². The first-order chi connectivity index (χ1) is 13.4. The van der Waals surface area contributed by atoms with Crippen molar-refractivity contribution in [3.05, 3.63) is 28.8 Å². The monoisotopic (exact) mass is 407 g/mol. The van der Waals surface area contributed by atoms with Gasteiger partial charge >= 0.3 is 5.97 Å². The van der Waals surface area contributed by atoms with E-state index in [2.05, 4.69) is 0 Å². The molecule has 28 heavy (non-hydrogen) atoms. The van der Waals surface area contributed by atoms with Gasteiger partial charge in [-0.1, -0.05) is 11.6 Å². The number of rotatable bonds is 5. The SMILES string of the molecule is NC(=O)C1CCN(C(=O)COC(=O)c2ccc(Cl)c(N3CCCC3=O)c2)CC1. The van der Waals surface area contributed by atoms with Crippen LogP contribution in [0, 0.1) is 5.92 Å². The maximum Gasteiger partial charge on any atom is 0.338 e. The van der Waals surface area contributed by atoms with Crippen LogP contribution >= 0.6 is 11.6 Å². The third-order valence-corrected chi connectivity index (χ3v) is 5.44. The van der Waals surface area contributed by atoms with Gasteiger partial charge in [0.2, 0.25) is 11.8 Å². The maximum absolute atomic E-state index is 12.3. The number of carbonyl (C=O) groups is 4. The van der Waals surface area contributed by atoms with Crippen molar-refractivity contribution in [2.75, 3.05) is 31.1 Å². The molecule has 0 aromatic heterocycles. The number of ether oxygens (including phenoxy) is 1. The molecule has 1 aromatic carbocycles. The normalized spacial score (nSPS) is 17.7. The number of amides is 3. The van der Waals surface area contributed by atoms with Gasteiger partial charge in [0.15, 0.2) is 6.61 Å². The van der Waals surface area contributed by atoms with Crippen molar-refractivity contribution < 1.29 is 23.9 Å². The summed E-state index contributed by atoms with van der Waals surface area (Å²) in [6.45, 7) is 0.982. The third kappa shape index (κ3) is 4.44. The topological polar surface area (TPSA) is 110 Å². The van der Waals surface area contributed by atoms with Gasteiger partial charge in [-0.3, -0.25) is 14.4 Å².